The molecule has 0 heterocycles. The summed E-state index contributed by atoms with van der Waals surface area (Å²) in [5, 5.41) is 0. The Labute approximate surface area is 186 Å². The molecule has 1 aromatic rings. The SMILES string of the molecule is COc1c[c]([Al]([C]2=C(F)C(F)C(C)(F)C=C2F)[C]2=C(F)C(F)C(C)(F)C=C2F)c(F)cc1F. The highest BCUT2D eigenvalue weighted by Crippen LogP contribution is 2.45. The molecule has 0 saturated heterocycles. The van der Waals surface area contributed by atoms with Gasteiger partial charge in [-0.2, -0.15) is 0 Å². The first kappa shape index (κ1) is 25.4. The van der Waals surface area contributed by atoms with Crippen LogP contribution in [-0.2, 0) is 0 Å². The molecule has 0 aromatic heterocycles. The van der Waals surface area contributed by atoms with Crippen LogP contribution in [0, 0.1) is 11.6 Å². The summed E-state index contributed by atoms with van der Waals surface area (Å²) < 4.78 is 146. The van der Waals surface area contributed by atoms with Crippen LogP contribution in [0.2, 0.25) is 0 Å². The largest absolute Gasteiger partial charge is 0.494 e. The first-order valence-corrected chi connectivity index (χ1v) is 11.1. The van der Waals surface area contributed by atoms with E-state index in [1.165, 1.54) is 0 Å². The molecule has 178 valence electrons. The van der Waals surface area contributed by atoms with Crippen LogP contribution in [0.4, 0.5) is 43.9 Å². The third-order valence-corrected chi connectivity index (χ3v) is 8.77. The van der Waals surface area contributed by atoms with Crippen LogP contribution in [0.15, 0.2) is 56.5 Å². The van der Waals surface area contributed by atoms with Crippen molar-refractivity contribution in [2.45, 2.75) is 37.5 Å². The van der Waals surface area contributed by atoms with Crippen LogP contribution < -0.4 is 9.16 Å². The van der Waals surface area contributed by atoms with Gasteiger partial charge in [-0.15, -0.1) is 0 Å². The van der Waals surface area contributed by atoms with Crippen molar-refractivity contribution in [3.05, 3.63) is 68.1 Å². The summed E-state index contributed by atoms with van der Waals surface area (Å²) >= 11 is -4.59. The van der Waals surface area contributed by atoms with E-state index in [0.717, 1.165) is 7.11 Å². The molecule has 0 bridgehead atoms. The standard InChI is InChI=1S/2C7H5F4.C7H5F2O.Al/c2*1-7(11)3-4(8)2-5(9)6(7)10;1-10-7-3-2-5(8)4-6(7)9;/h2*3,6H,1H3;3-4H,1H3;. The van der Waals surface area contributed by atoms with Crippen LogP contribution in [0.25, 0.3) is 0 Å². The Morgan fingerprint density at radius 2 is 1.18 bits per heavy atom. The fraction of sp³-hybridized carbons (Fsp3) is 0.333. The number of allylic oxidation sites excluding steroid dienone is 8. The smallest absolute Gasteiger partial charge is 0.406 e. The summed E-state index contributed by atoms with van der Waals surface area (Å²) in [5.74, 6) is -11.5. The first-order valence-electron chi connectivity index (χ1n) is 9.39. The van der Waals surface area contributed by atoms with Gasteiger partial charge in [0.1, 0.15) is 29.1 Å². The molecular weight excluding hydrogens is 485 g/mol. The van der Waals surface area contributed by atoms with Gasteiger partial charge >= 0.3 is 14.1 Å². The highest BCUT2D eigenvalue weighted by Gasteiger charge is 2.52. The number of alkyl halides is 4. The predicted molar refractivity (Wildman–Crippen MR) is 102 cm³/mol. The summed E-state index contributed by atoms with van der Waals surface area (Å²) in [6.45, 7) is 0.970. The molecular formula is C21H15AlF10O. The molecule has 2 aliphatic carbocycles. The zero-order valence-electron chi connectivity index (χ0n) is 17.2. The Kier molecular flexibility index (Phi) is 6.59. The zero-order chi connectivity index (χ0) is 25.0. The second-order valence-corrected chi connectivity index (χ2v) is 10.6. The number of ether oxygens (including phenoxy) is 1. The van der Waals surface area contributed by atoms with Crippen molar-refractivity contribution < 1.29 is 48.6 Å². The van der Waals surface area contributed by atoms with Crippen LogP contribution in [0.1, 0.15) is 13.8 Å². The molecule has 0 spiro atoms. The maximum Gasteiger partial charge on any atom is 0.406 e. The van der Waals surface area contributed by atoms with E-state index < -0.39 is 91.8 Å². The summed E-state index contributed by atoms with van der Waals surface area (Å²) in [5.41, 5.74) is -6.41. The second kappa shape index (κ2) is 8.55. The minimum Gasteiger partial charge on any atom is -0.494 e. The summed E-state index contributed by atoms with van der Waals surface area (Å²) in [6, 6.07) is 0.702. The molecule has 1 nitrogen and oxygen atoms in total. The van der Waals surface area contributed by atoms with E-state index in [0.29, 0.717) is 19.9 Å². The summed E-state index contributed by atoms with van der Waals surface area (Å²) in [6.07, 6.45) is -6.33. The van der Waals surface area contributed by atoms with E-state index in [2.05, 4.69) is 4.74 Å². The molecule has 0 aliphatic heterocycles. The van der Waals surface area contributed by atoms with E-state index in [1.54, 1.807) is 0 Å². The van der Waals surface area contributed by atoms with E-state index in [4.69, 9.17) is 0 Å². The van der Waals surface area contributed by atoms with Gasteiger partial charge in [-0.3, -0.25) is 0 Å². The average Bonchev–Trinajstić information content (AvgIpc) is 2.69. The van der Waals surface area contributed by atoms with Gasteiger partial charge in [-0.25, -0.2) is 43.9 Å². The van der Waals surface area contributed by atoms with Crippen molar-refractivity contribution in [1.82, 2.24) is 0 Å². The molecule has 0 N–H and O–H groups in total. The number of hydrogen-bond acceptors (Lipinski definition) is 1. The summed E-state index contributed by atoms with van der Waals surface area (Å²) in [7, 11) is 0.927. The molecule has 0 saturated carbocycles. The van der Waals surface area contributed by atoms with Gasteiger partial charge < -0.3 is 4.74 Å². The maximum atomic E-state index is 14.9. The van der Waals surface area contributed by atoms with Crippen LogP contribution in [0.5, 0.6) is 5.75 Å². The lowest BCUT2D eigenvalue weighted by atomic mass is 9.95. The molecule has 2 aliphatic rings. The minimum atomic E-state index is -4.59. The number of halogens is 10. The van der Waals surface area contributed by atoms with Crippen molar-refractivity contribution in [3.8, 4) is 5.75 Å². The van der Waals surface area contributed by atoms with Gasteiger partial charge in [0.15, 0.2) is 35.2 Å². The van der Waals surface area contributed by atoms with E-state index in [9.17, 15) is 43.9 Å². The molecule has 0 fully saturated rings. The molecule has 3 rings (SSSR count). The summed E-state index contributed by atoms with van der Waals surface area (Å²) in [4.78, 5) is 0. The maximum absolute atomic E-state index is 14.9. The monoisotopic (exact) mass is 500 g/mol. The fourth-order valence-corrected chi connectivity index (χ4v) is 6.87. The Hall–Kier alpha value is -2.19. The lowest BCUT2D eigenvalue weighted by Gasteiger charge is -2.32. The quantitative estimate of drug-likeness (QED) is 0.361. The number of benzene rings is 1. The number of hydrogen-bond donors (Lipinski definition) is 0. The van der Waals surface area contributed by atoms with Gasteiger partial charge in [-0.05, 0) is 40.9 Å². The number of methoxy groups -OCH3 is 1. The number of rotatable bonds is 4. The zero-order valence-corrected chi connectivity index (χ0v) is 18.4. The first-order chi connectivity index (χ1) is 15.1. The predicted octanol–water partition coefficient (Wildman–Crippen LogP) is 6.07. The second-order valence-electron chi connectivity index (χ2n) is 7.98. The van der Waals surface area contributed by atoms with Crippen LogP contribution in [0.3, 0.4) is 0 Å². The third kappa shape index (κ3) is 4.23. The van der Waals surface area contributed by atoms with Gasteiger partial charge in [-0.1, -0.05) is 4.43 Å². The van der Waals surface area contributed by atoms with Crippen LogP contribution in [-0.4, -0.2) is 44.9 Å². The molecule has 1 aromatic carbocycles. The van der Waals surface area contributed by atoms with Crippen LogP contribution >= 0.6 is 0 Å². The van der Waals surface area contributed by atoms with Crippen molar-refractivity contribution >= 4 is 18.6 Å². The fourth-order valence-electron chi connectivity index (χ4n) is 3.72. The molecule has 0 radical (unpaired) electrons. The van der Waals surface area contributed by atoms with Crippen molar-refractivity contribution in [1.29, 1.82) is 0 Å². The molecule has 4 unspecified atom stereocenters. The Morgan fingerprint density at radius 3 is 1.58 bits per heavy atom. The normalized spacial score (nSPS) is 30.3. The molecule has 4 atom stereocenters. The van der Waals surface area contributed by atoms with Crippen molar-refractivity contribution in [2.75, 3.05) is 7.11 Å². The topological polar surface area (TPSA) is 9.23 Å². The van der Waals surface area contributed by atoms with E-state index >= 15 is 0 Å². The Balaban J connectivity index is 2.41. The van der Waals surface area contributed by atoms with Crippen molar-refractivity contribution in [3.63, 3.8) is 0 Å². The minimum absolute atomic E-state index is 0.0101. The van der Waals surface area contributed by atoms with E-state index in [1.807, 2.05) is 0 Å². The average molecular weight is 500 g/mol. The third-order valence-electron chi connectivity index (χ3n) is 5.44. The molecule has 0 amide bonds. The Bertz CT molecular complexity index is 1060. The van der Waals surface area contributed by atoms with Gasteiger partial charge in [0.25, 0.3) is 0 Å². The van der Waals surface area contributed by atoms with Crippen molar-refractivity contribution in [2.24, 2.45) is 0 Å². The highest BCUT2D eigenvalue weighted by molar-refractivity contribution is 6.87. The highest BCUT2D eigenvalue weighted by atomic mass is 27.2. The lowest BCUT2D eigenvalue weighted by molar-refractivity contribution is 0.113. The lowest BCUT2D eigenvalue weighted by Crippen LogP contribution is -2.46. The van der Waals surface area contributed by atoms with Gasteiger partial charge in [0, 0.05) is 6.07 Å². The molecule has 33 heavy (non-hydrogen) atoms. The molecule has 12 heteroatoms. The van der Waals surface area contributed by atoms with Gasteiger partial charge in [0.2, 0.25) is 0 Å². The Morgan fingerprint density at radius 1 is 0.758 bits per heavy atom. The van der Waals surface area contributed by atoms with Gasteiger partial charge in [0.05, 0.1) is 7.11 Å². The van der Waals surface area contributed by atoms with E-state index in [-0.39, 0.29) is 18.2 Å².